The highest BCUT2D eigenvalue weighted by atomic mass is 35.5. The molecule has 0 aliphatic carbocycles. The van der Waals surface area contributed by atoms with E-state index in [-0.39, 0.29) is 12.5 Å². The second-order valence-electron chi connectivity index (χ2n) is 7.55. The number of guanidine groups is 1. The van der Waals surface area contributed by atoms with Gasteiger partial charge >= 0.3 is 0 Å². The van der Waals surface area contributed by atoms with Crippen LogP contribution in [0.1, 0.15) is 5.56 Å². The lowest BCUT2D eigenvalue weighted by molar-refractivity contribution is -0.130. The van der Waals surface area contributed by atoms with Crippen LogP contribution in [0, 0.1) is 0 Å². The maximum absolute atomic E-state index is 11.7. The summed E-state index contributed by atoms with van der Waals surface area (Å²) >= 11 is 6.35. The maximum atomic E-state index is 11.7. The van der Waals surface area contributed by atoms with Gasteiger partial charge < -0.3 is 24.8 Å². The molecule has 8 heteroatoms. The van der Waals surface area contributed by atoms with Crippen molar-refractivity contribution >= 4 is 29.2 Å². The van der Waals surface area contributed by atoms with E-state index in [9.17, 15) is 4.79 Å². The molecule has 1 saturated heterocycles. The van der Waals surface area contributed by atoms with Crippen LogP contribution >= 0.6 is 11.6 Å². The van der Waals surface area contributed by atoms with Gasteiger partial charge in [-0.25, -0.2) is 0 Å². The lowest BCUT2D eigenvalue weighted by atomic mass is 10.2. The van der Waals surface area contributed by atoms with Crippen molar-refractivity contribution in [2.45, 2.75) is 6.54 Å². The van der Waals surface area contributed by atoms with E-state index in [1.165, 1.54) is 4.90 Å². The number of carbonyl (C=O) groups excluding carboxylic acids is 1. The van der Waals surface area contributed by atoms with Gasteiger partial charge in [-0.05, 0) is 29.8 Å². The number of amides is 1. The van der Waals surface area contributed by atoms with E-state index in [0.717, 1.165) is 48.4 Å². The average molecular weight is 444 g/mol. The van der Waals surface area contributed by atoms with Crippen molar-refractivity contribution in [1.29, 1.82) is 0 Å². The summed E-state index contributed by atoms with van der Waals surface area (Å²) in [4.78, 5) is 22.2. The lowest BCUT2D eigenvalue weighted by Gasteiger charge is -2.38. The third kappa shape index (κ3) is 6.28. The number of benzene rings is 2. The molecule has 0 unspecified atom stereocenters. The van der Waals surface area contributed by atoms with Crippen LogP contribution in [0.15, 0.2) is 53.5 Å². The van der Waals surface area contributed by atoms with Crippen molar-refractivity contribution < 1.29 is 9.53 Å². The number of hydrogen-bond acceptors (Lipinski definition) is 4. The number of halogens is 1. The van der Waals surface area contributed by atoms with Crippen LogP contribution in [0.2, 0.25) is 5.02 Å². The summed E-state index contributed by atoms with van der Waals surface area (Å²) in [5.41, 5.74) is 2.14. The molecule has 2 aromatic rings. The van der Waals surface area contributed by atoms with E-state index in [0.29, 0.717) is 12.3 Å². The molecule has 1 amide bonds. The minimum Gasteiger partial charge on any atom is -0.484 e. The summed E-state index contributed by atoms with van der Waals surface area (Å²) in [6.45, 7) is 4.14. The molecule has 2 aromatic carbocycles. The summed E-state index contributed by atoms with van der Waals surface area (Å²) in [6.07, 6.45) is 0. The van der Waals surface area contributed by atoms with Crippen LogP contribution < -0.4 is 15.0 Å². The van der Waals surface area contributed by atoms with E-state index >= 15 is 0 Å². The molecule has 7 nitrogen and oxygen atoms in total. The Hall–Kier alpha value is -2.93. The van der Waals surface area contributed by atoms with Crippen LogP contribution in [-0.2, 0) is 11.3 Å². The standard InChI is InChI=1S/C23H30ClN5O2/c1-25-23(29-13-11-28(12-14-29)21-10-5-4-9-20(21)24)26-16-18-7-6-8-19(15-18)31-17-22(30)27(2)3/h4-10,15H,11-14,16-17H2,1-3H3,(H,25,26). The fourth-order valence-electron chi connectivity index (χ4n) is 3.40. The number of aliphatic imine (C=N–C) groups is 1. The normalized spacial score (nSPS) is 14.4. The van der Waals surface area contributed by atoms with E-state index < -0.39 is 0 Å². The molecule has 1 heterocycles. The molecule has 166 valence electrons. The van der Waals surface area contributed by atoms with Crippen LogP contribution in [-0.4, -0.2) is 75.6 Å². The first-order chi connectivity index (χ1) is 15.0. The van der Waals surface area contributed by atoms with Crippen molar-refractivity contribution in [2.24, 2.45) is 4.99 Å². The van der Waals surface area contributed by atoms with Crippen molar-refractivity contribution in [1.82, 2.24) is 15.1 Å². The molecule has 3 rings (SSSR count). The fraction of sp³-hybridized carbons (Fsp3) is 0.391. The van der Waals surface area contributed by atoms with Gasteiger partial charge in [0.1, 0.15) is 5.75 Å². The number of hydrogen-bond donors (Lipinski definition) is 1. The van der Waals surface area contributed by atoms with Gasteiger partial charge in [-0.15, -0.1) is 0 Å². The van der Waals surface area contributed by atoms with Gasteiger partial charge in [0, 0.05) is 53.9 Å². The molecule has 0 saturated carbocycles. The summed E-state index contributed by atoms with van der Waals surface area (Å²) in [5.74, 6) is 1.48. The van der Waals surface area contributed by atoms with Crippen molar-refractivity contribution in [2.75, 3.05) is 58.8 Å². The van der Waals surface area contributed by atoms with Gasteiger partial charge in [0.2, 0.25) is 0 Å². The number of carbonyl (C=O) groups is 1. The summed E-state index contributed by atoms with van der Waals surface area (Å²) in [7, 11) is 5.23. The number of nitrogens with one attached hydrogen (secondary N) is 1. The second-order valence-corrected chi connectivity index (χ2v) is 7.96. The predicted molar refractivity (Wildman–Crippen MR) is 126 cm³/mol. The molecule has 1 fully saturated rings. The number of rotatable bonds is 6. The second kappa shape index (κ2) is 10.9. The molecule has 1 aliphatic heterocycles. The molecule has 1 aliphatic rings. The Labute approximate surface area is 189 Å². The molecule has 0 radical (unpaired) electrons. The number of para-hydroxylation sites is 1. The maximum Gasteiger partial charge on any atom is 0.259 e. The Kier molecular flexibility index (Phi) is 8.00. The van der Waals surface area contributed by atoms with Crippen LogP contribution in [0.25, 0.3) is 0 Å². The summed E-state index contributed by atoms with van der Waals surface area (Å²) < 4.78 is 5.61. The van der Waals surface area contributed by atoms with Gasteiger partial charge in [0.25, 0.3) is 5.91 Å². The zero-order valence-electron chi connectivity index (χ0n) is 18.3. The van der Waals surface area contributed by atoms with Gasteiger partial charge in [-0.3, -0.25) is 9.79 Å². The quantitative estimate of drug-likeness (QED) is 0.549. The Bertz CT molecular complexity index is 910. The smallest absolute Gasteiger partial charge is 0.259 e. The van der Waals surface area contributed by atoms with Crippen LogP contribution in [0.3, 0.4) is 0 Å². The molecule has 0 bridgehead atoms. The van der Waals surface area contributed by atoms with Crippen LogP contribution in [0.4, 0.5) is 5.69 Å². The Balaban J connectivity index is 1.51. The van der Waals surface area contributed by atoms with Crippen molar-refractivity contribution in [3.63, 3.8) is 0 Å². The zero-order valence-corrected chi connectivity index (χ0v) is 19.1. The number of nitrogens with zero attached hydrogens (tertiary/aromatic N) is 4. The Morgan fingerprint density at radius 3 is 2.55 bits per heavy atom. The molecule has 0 aromatic heterocycles. The molecule has 0 spiro atoms. The highest BCUT2D eigenvalue weighted by Gasteiger charge is 2.21. The number of likely N-dealkylation sites (N-methyl/N-ethyl adjacent to an activating group) is 1. The largest absolute Gasteiger partial charge is 0.484 e. The van der Waals surface area contributed by atoms with Crippen molar-refractivity contribution in [3.8, 4) is 5.75 Å². The first kappa shape index (κ1) is 22.7. The Morgan fingerprint density at radius 1 is 1.13 bits per heavy atom. The fourth-order valence-corrected chi connectivity index (χ4v) is 3.66. The molecular weight excluding hydrogens is 414 g/mol. The predicted octanol–water partition coefficient (Wildman–Crippen LogP) is 2.70. The third-order valence-corrected chi connectivity index (χ3v) is 5.51. The average Bonchev–Trinajstić information content (AvgIpc) is 2.79. The van der Waals surface area contributed by atoms with Crippen LogP contribution in [0.5, 0.6) is 5.75 Å². The first-order valence-electron chi connectivity index (χ1n) is 10.3. The Morgan fingerprint density at radius 2 is 1.87 bits per heavy atom. The number of piperazine rings is 1. The van der Waals surface area contributed by atoms with Gasteiger partial charge in [0.15, 0.2) is 12.6 Å². The zero-order chi connectivity index (χ0) is 22.2. The first-order valence-corrected chi connectivity index (χ1v) is 10.7. The topological polar surface area (TPSA) is 60.4 Å². The molecule has 0 atom stereocenters. The lowest BCUT2D eigenvalue weighted by Crippen LogP contribution is -2.52. The van der Waals surface area contributed by atoms with E-state index in [4.69, 9.17) is 16.3 Å². The minimum absolute atomic E-state index is 0.0290. The van der Waals surface area contributed by atoms with E-state index in [1.807, 2.05) is 42.5 Å². The summed E-state index contributed by atoms with van der Waals surface area (Å²) in [6, 6.07) is 15.7. The number of ether oxygens (including phenoxy) is 1. The van der Waals surface area contributed by atoms with E-state index in [1.54, 1.807) is 21.1 Å². The highest BCUT2D eigenvalue weighted by molar-refractivity contribution is 6.33. The minimum atomic E-state index is -0.0696. The summed E-state index contributed by atoms with van der Waals surface area (Å²) in [5, 5.41) is 4.22. The monoisotopic (exact) mass is 443 g/mol. The van der Waals surface area contributed by atoms with Crippen molar-refractivity contribution in [3.05, 3.63) is 59.1 Å². The highest BCUT2D eigenvalue weighted by Crippen LogP contribution is 2.26. The SMILES string of the molecule is CN=C(NCc1cccc(OCC(=O)N(C)C)c1)N1CCN(c2ccccc2Cl)CC1. The molecular formula is C23H30ClN5O2. The molecule has 31 heavy (non-hydrogen) atoms. The van der Waals surface area contributed by atoms with E-state index in [2.05, 4.69) is 26.2 Å². The third-order valence-electron chi connectivity index (χ3n) is 5.19. The van der Waals surface area contributed by atoms with Gasteiger partial charge in [-0.2, -0.15) is 0 Å². The van der Waals surface area contributed by atoms with Gasteiger partial charge in [0.05, 0.1) is 10.7 Å². The molecule has 1 N–H and O–H groups in total. The number of anilines is 1. The van der Waals surface area contributed by atoms with Gasteiger partial charge in [-0.1, -0.05) is 35.9 Å².